The number of hydrogen-bond acceptors (Lipinski definition) is 4. The first kappa shape index (κ1) is 11.7. The van der Waals surface area contributed by atoms with Crippen molar-refractivity contribution in [2.45, 2.75) is 12.5 Å². The van der Waals surface area contributed by atoms with E-state index in [0.29, 0.717) is 18.8 Å². The van der Waals surface area contributed by atoms with E-state index in [1.807, 2.05) is 0 Å². The third kappa shape index (κ3) is 2.85. The third-order valence-electron chi connectivity index (χ3n) is 2.37. The van der Waals surface area contributed by atoms with Crippen molar-refractivity contribution in [2.24, 2.45) is 0 Å². The van der Waals surface area contributed by atoms with Crippen LogP contribution in [0, 0.1) is 0 Å². The van der Waals surface area contributed by atoms with Gasteiger partial charge in [0.25, 0.3) is 0 Å². The number of amides is 1. The van der Waals surface area contributed by atoms with Gasteiger partial charge in [-0.05, 0) is 12.1 Å². The Hall–Kier alpha value is -1.82. The fraction of sp³-hybridized carbons (Fsp3) is 0.300. The van der Waals surface area contributed by atoms with E-state index in [-0.39, 0.29) is 22.7 Å². The Morgan fingerprint density at radius 2 is 2.35 bits per heavy atom. The summed E-state index contributed by atoms with van der Waals surface area (Å²) >= 11 is 5.71. The van der Waals surface area contributed by atoms with Gasteiger partial charge in [-0.1, -0.05) is 11.6 Å². The number of rotatable bonds is 3. The second-order valence-corrected chi connectivity index (χ2v) is 4.11. The minimum absolute atomic E-state index is 0.0389. The summed E-state index contributed by atoms with van der Waals surface area (Å²) in [5.41, 5.74) is 0.0600. The van der Waals surface area contributed by atoms with Gasteiger partial charge in [-0.2, -0.15) is 0 Å². The zero-order chi connectivity index (χ0) is 12.4. The zero-order valence-electron chi connectivity index (χ0n) is 8.74. The van der Waals surface area contributed by atoms with E-state index < -0.39 is 5.97 Å². The number of anilines is 1. The number of aromatic nitrogens is 1. The lowest BCUT2D eigenvalue weighted by molar-refractivity contribution is -0.119. The average molecular weight is 256 g/mol. The predicted molar refractivity (Wildman–Crippen MR) is 61.2 cm³/mol. The van der Waals surface area contributed by atoms with Gasteiger partial charge in [0, 0.05) is 13.0 Å². The van der Waals surface area contributed by atoms with E-state index in [0.717, 1.165) is 0 Å². The molecular formula is C10H10ClN3O3. The Bertz CT molecular complexity index is 478. The first-order valence-electron chi connectivity index (χ1n) is 4.99. The molecule has 1 aliphatic rings. The molecule has 0 aromatic carbocycles. The number of pyridine rings is 1. The highest BCUT2D eigenvalue weighted by atomic mass is 35.5. The van der Waals surface area contributed by atoms with E-state index in [1.165, 1.54) is 12.1 Å². The fourth-order valence-corrected chi connectivity index (χ4v) is 1.82. The number of carbonyl (C=O) groups is 2. The normalized spacial score (nSPS) is 18.9. The van der Waals surface area contributed by atoms with Crippen LogP contribution < -0.4 is 10.6 Å². The largest absolute Gasteiger partial charge is 0.478 e. The van der Waals surface area contributed by atoms with Gasteiger partial charge in [-0.3, -0.25) is 4.79 Å². The van der Waals surface area contributed by atoms with Gasteiger partial charge in [0.1, 0.15) is 11.0 Å². The quantitative estimate of drug-likeness (QED) is 0.693. The number of carboxylic acids is 1. The van der Waals surface area contributed by atoms with Gasteiger partial charge < -0.3 is 15.7 Å². The third-order valence-corrected chi connectivity index (χ3v) is 2.56. The second-order valence-electron chi connectivity index (χ2n) is 3.72. The molecule has 1 aromatic rings. The van der Waals surface area contributed by atoms with Crippen LogP contribution in [0.2, 0.25) is 5.15 Å². The number of nitrogens with one attached hydrogen (secondary N) is 2. The van der Waals surface area contributed by atoms with Crippen LogP contribution in [-0.2, 0) is 4.79 Å². The summed E-state index contributed by atoms with van der Waals surface area (Å²) in [7, 11) is 0. The standard InChI is InChI=1S/C10H10ClN3O3/c11-7-1-5(10(16)17)2-8(14-7)13-6-3-9(15)12-4-6/h1-2,6H,3-4H2,(H,12,15)(H,13,14)(H,16,17). The Labute approximate surface area is 102 Å². The summed E-state index contributed by atoms with van der Waals surface area (Å²) in [5.74, 6) is -0.752. The SMILES string of the molecule is O=C1CC(Nc2cc(C(=O)O)cc(Cl)n2)CN1. The van der Waals surface area contributed by atoms with E-state index in [9.17, 15) is 9.59 Å². The number of carboxylic acid groups (broad SMARTS) is 1. The van der Waals surface area contributed by atoms with Crippen LogP contribution in [0.15, 0.2) is 12.1 Å². The van der Waals surface area contributed by atoms with Gasteiger partial charge in [0.2, 0.25) is 5.91 Å². The molecule has 1 unspecified atom stereocenters. The molecule has 6 nitrogen and oxygen atoms in total. The molecule has 0 bridgehead atoms. The highest BCUT2D eigenvalue weighted by Crippen LogP contribution is 2.16. The second kappa shape index (κ2) is 4.58. The summed E-state index contributed by atoms with van der Waals surface area (Å²) in [6.45, 7) is 0.495. The van der Waals surface area contributed by atoms with Crippen LogP contribution in [0.3, 0.4) is 0 Å². The Morgan fingerprint density at radius 3 is 2.94 bits per heavy atom. The minimum atomic E-state index is -1.07. The molecule has 0 saturated carbocycles. The topological polar surface area (TPSA) is 91.3 Å². The van der Waals surface area contributed by atoms with Crippen LogP contribution in [0.5, 0.6) is 0 Å². The van der Waals surface area contributed by atoms with Crippen molar-refractivity contribution >= 4 is 29.3 Å². The molecule has 2 rings (SSSR count). The lowest BCUT2D eigenvalue weighted by Crippen LogP contribution is -2.23. The van der Waals surface area contributed by atoms with Gasteiger partial charge in [-0.15, -0.1) is 0 Å². The van der Waals surface area contributed by atoms with Crippen molar-refractivity contribution in [2.75, 3.05) is 11.9 Å². The minimum Gasteiger partial charge on any atom is -0.478 e. The molecule has 1 aromatic heterocycles. The summed E-state index contributed by atoms with van der Waals surface area (Å²) < 4.78 is 0. The maximum absolute atomic E-state index is 11.0. The van der Waals surface area contributed by atoms with Gasteiger partial charge >= 0.3 is 5.97 Å². The molecule has 1 aliphatic heterocycles. The molecule has 1 amide bonds. The van der Waals surface area contributed by atoms with Crippen molar-refractivity contribution in [3.8, 4) is 0 Å². The first-order chi connectivity index (χ1) is 8.04. The zero-order valence-corrected chi connectivity index (χ0v) is 9.49. The van der Waals surface area contributed by atoms with Gasteiger partial charge in [-0.25, -0.2) is 9.78 Å². The monoisotopic (exact) mass is 255 g/mol. The van der Waals surface area contributed by atoms with Crippen molar-refractivity contribution in [1.82, 2.24) is 10.3 Å². The molecule has 0 aliphatic carbocycles. The molecule has 0 radical (unpaired) electrons. The van der Waals surface area contributed by atoms with Crippen molar-refractivity contribution in [1.29, 1.82) is 0 Å². The Morgan fingerprint density at radius 1 is 1.59 bits per heavy atom. The number of carbonyl (C=O) groups excluding carboxylic acids is 1. The fourth-order valence-electron chi connectivity index (χ4n) is 1.61. The van der Waals surface area contributed by atoms with Crippen LogP contribution in [-0.4, -0.2) is 34.6 Å². The molecule has 0 spiro atoms. The highest BCUT2D eigenvalue weighted by molar-refractivity contribution is 6.29. The smallest absolute Gasteiger partial charge is 0.335 e. The van der Waals surface area contributed by atoms with Gasteiger partial charge in [0.15, 0.2) is 0 Å². The molecule has 1 saturated heterocycles. The van der Waals surface area contributed by atoms with Gasteiger partial charge in [0.05, 0.1) is 11.6 Å². The Kier molecular flexibility index (Phi) is 3.14. The molecule has 3 N–H and O–H groups in total. The lowest BCUT2D eigenvalue weighted by atomic mass is 10.2. The Balaban J connectivity index is 2.15. The summed E-state index contributed by atoms with van der Waals surface area (Å²) in [4.78, 5) is 25.8. The van der Waals surface area contributed by atoms with E-state index in [4.69, 9.17) is 16.7 Å². The van der Waals surface area contributed by atoms with E-state index >= 15 is 0 Å². The summed E-state index contributed by atoms with van der Waals surface area (Å²) in [5, 5.41) is 14.6. The predicted octanol–water partition coefficient (Wildman–Crippen LogP) is 0.734. The molecule has 90 valence electrons. The van der Waals surface area contributed by atoms with Crippen LogP contribution in [0.1, 0.15) is 16.8 Å². The summed E-state index contributed by atoms with van der Waals surface area (Å²) in [6.07, 6.45) is 0.344. The first-order valence-corrected chi connectivity index (χ1v) is 5.36. The van der Waals surface area contributed by atoms with E-state index in [1.54, 1.807) is 0 Å². The molecule has 17 heavy (non-hydrogen) atoms. The highest BCUT2D eigenvalue weighted by Gasteiger charge is 2.21. The number of halogens is 1. The molecule has 1 atom stereocenters. The van der Waals surface area contributed by atoms with Crippen LogP contribution in [0.25, 0.3) is 0 Å². The molecule has 2 heterocycles. The van der Waals surface area contributed by atoms with Crippen molar-refractivity contribution in [3.63, 3.8) is 0 Å². The molecule has 7 heteroatoms. The lowest BCUT2D eigenvalue weighted by Gasteiger charge is -2.11. The molecule has 1 fully saturated rings. The van der Waals surface area contributed by atoms with E-state index in [2.05, 4.69) is 15.6 Å². The number of hydrogen-bond donors (Lipinski definition) is 3. The maximum Gasteiger partial charge on any atom is 0.335 e. The molecular weight excluding hydrogens is 246 g/mol. The maximum atomic E-state index is 11.0. The van der Waals surface area contributed by atoms with Crippen LogP contribution >= 0.6 is 11.6 Å². The number of aromatic carboxylic acids is 1. The summed E-state index contributed by atoms with van der Waals surface area (Å²) in [6, 6.07) is 2.57. The van der Waals surface area contributed by atoms with Crippen LogP contribution in [0.4, 0.5) is 5.82 Å². The van der Waals surface area contributed by atoms with Crippen molar-refractivity contribution < 1.29 is 14.7 Å². The number of nitrogens with zero attached hydrogens (tertiary/aromatic N) is 1. The van der Waals surface area contributed by atoms with Crippen molar-refractivity contribution in [3.05, 3.63) is 22.8 Å². The average Bonchev–Trinajstić information content (AvgIpc) is 2.63.